The number of nitrogens with zero attached hydrogens (tertiary/aromatic N) is 2. The van der Waals surface area contributed by atoms with Gasteiger partial charge in [-0.05, 0) is 36.7 Å². The van der Waals surface area contributed by atoms with Gasteiger partial charge in [0.1, 0.15) is 11.6 Å². The van der Waals surface area contributed by atoms with Crippen molar-refractivity contribution in [3.05, 3.63) is 71.1 Å². The summed E-state index contributed by atoms with van der Waals surface area (Å²) in [7, 11) is -3.57. The second-order valence-electron chi connectivity index (χ2n) is 6.96. The van der Waals surface area contributed by atoms with Crippen molar-refractivity contribution in [2.24, 2.45) is 0 Å². The number of hydrogen-bond acceptors (Lipinski definition) is 4. The summed E-state index contributed by atoms with van der Waals surface area (Å²) in [5.41, 5.74) is 0.702. The molecule has 0 radical (unpaired) electrons. The summed E-state index contributed by atoms with van der Waals surface area (Å²) < 4.78 is 53.3. The van der Waals surface area contributed by atoms with Gasteiger partial charge in [0.15, 0.2) is 0 Å². The first-order valence-electron chi connectivity index (χ1n) is 9.54. The van der Waals surface area contributed by atoms with E-state index in [1.54, 1.807) is 6.08 Å². The third kappa shape index (κ3) is 6.19. The molecule has 1 aliphatic rings. The first-order chi connectivity index (χ1) is 14.3. The Balaban J connectivity index is 1.55. The average Bonchev–Trinajstić information content (AvgIpc) is 2.96. The molecule has 1 heterocycles. The Morgan fingerprint density at radius 3 is 2.53 bits per heavy atom. The average molecular weight is 435 g/mol. The van der Waals surface area contributed by atoms with Gasteiger partial charge in [0.2, 0.25) is 15.9 Å². The molecule has 160 valence electrons. The lowest BCUT2D eigenvalue weighted by Gasteiger charge is -2.20. The summed E-state index contributed by atoms with van der Waals surface area (Å²) in [5, 5.41) is 3.62. The predicted molar refractivity (Wildman–Crippen MR) is 112 cm³/mol. The molecule has 0 aliphatic carbocycles. The van der Waals surface area contributed by atoms with Gasteiger partial charge in [-0.2, -0.15) is 4.31 Å². The highest BCUT2D eigenvalue weighted by Gasteiger charge is 2.24. The van der Waals surface area contributed by atoms with Crippen molar-refractivity contribution >= 4 is 27.7 Å². The van der Waals surface area contributed by atoms with Crippen molar-refractivity contribution in [1.29, 1.82) is 0 Å². The van der Waals surface area contributed by atoms with Crippen molar-refractivity contribution < 1.29 is 22.0 Å². The SMILES string of the molecule is O=C(CN1CCCN(S(=O)(=O)/C=C/c2ccccc2)CC1)Nc1ccc(F)cc1F. The smallest absolute Gasteiger partial charge is 0.238 e. The molecule has 1 aliphatic heterocycles. The molecule has 1 fully saturated rings. The van der Waals surface area contributed by atoms with E-state index in [-0.39, 0.29) is 18.8 Å². The first-order valence-corrected chi connectivity index (χ1v) is 11.0. The lowest BCUT2D eigenvalue weighted by Crippen LogP contribution is -2.37. The van der Waals surface area contributed by atoms with Crippen LogP contribution in [-0.4, -0.2) is 56.3 Å². The fourth-order valence-electron chi connectivity index (χ4n) is 3.16. The van der Waals surface area contributed by atoms with Crippen molar-refractivity contribution in [3.63, 3.8) is 0 Å². The second kappa shape index (κ2) is 9.92. The van der Waals surface area contributed by atoms with E-state index in [1.165, 1.54) is 15.8 Å². The highest BCUT2D eigenvalue weighted by Crippen LogP contribution is 2.16. The summed E-state index contributed by atoms with van der Waals surface area (Å²) >= 11 is 0. The van der Waals surface area contributed by atoms with Gasteiger partial charge in [-0.25, -0.2) is 17.2 Å². The molecule has 0 atom stereocenters. The largest absolute Gasteiger partial charge is 0.322 e. The van der Waals surface area contributed by atoms with Gasteiger partial charge >= 0.3 is 0 Å². The standard InChI is InChI=1S/C21H23F2N3O3S/c22-18-7-8-20(19(23)15-18)24-21(27)16-25-10-4-11-26(13-12-25)30(28,29)14-9-17-5-2-1-3-6-17/h1-3,5-9,14-15H,4,10-13,16H2,(H,24,27)/b14-9+. The molecule has 3 rings (SSSR count). The maximum absolute atomic E-state index is 13.7. The number of hydrogen-bond donors (Lipinski definition) is 1. The molecule has 0 aromatic heterocycles. The van der Waals surface area contributed by atoms with Gasteiger partial charge in [-0.3, -0.25) is 9.69 Å². The van der Waals surface area contributed by atoms with Gasteiger partial charge in [0.05, 0.1) is 12.2 Å². The Morgan fingerprint density at radius 1 is 1.03 bits per heavy atom. The van der Waals surface area contributed by atoms with Crippen LogP contribution in [0.4, 0.5) is 14.5 Å². The minimum atomic E-state index is -3.57. The van der Waals surface area contributed by atoms with Crippen LogP contribution < -0.4 is 5.32 Å². The number of anilines is 1. The zero-order chi connectivity index (χ0) is 21.6. The van der Waals surface area contributed by atoms with Crippen LogP contribution in [0.1, 0.15) is 12.0 Å². The molecule has 9 heteroatoms. The fraction of sp³-hybridized carbons (Fsp3) is 0.286. The van der Waals surface area contributed by atoms with Gasteiger partial charge in [0.25, 0.3) is 0 Å². The Bertz CT molecular complexity index is 1010. The van der Waals surface area contributed by atoms with E-state index in [4.69, 9.17) is 0 Å². The molecule has 6 nitrogen and oxygen atoms in total. The highest BCUT2D eigenvalue weighted by atomic mass is 32.2. The molecule has 2 aromatic carbocycles. The van der Waals surface area contributed by atoms with E-state index >= 15 is 0 Å². The minimum absolute atomic E-state index is 0.00937. The minimum Gasteiger partial charge on any atom is -0.322 e. The predicted octanol–water partition coefficient (Wildman–Crippen LogP) is 2.91. The summed E-state index contributed by atoms with van der Waals surface area (Å²) in [6.45, 7) is 1.50. The van der Waals surface area contributed by atoms with E-state index in [0.29, 0.717) is 32.1 Å². The quantitative estimate of drug-likeness (QED) is 0.758. The number of benzene rings is 2. The van der Waals surface area contributed by atoms with Crippen molar-refractivity contribution in [1.82, 2.24) is 9.21 Å². The van der Waals surface area contributed by atoms with E-state index in [9.17, 15) is 22.0 Å². The summed E-state index contributed by atoms with van der Waals surface area (Å²) in [6, 6.07) is 12.1. The molecule has 0 bridgehead atoms. The molecule has 0 unspecified atom stereocenters. The van der Waals surface area contributed by atoms with Gasteiger partial charge < -0.3 is 5.32 Å². The number of rotatable bonds is 6. The molecule has 0 saturated carbocycles. The van der Waals surface area contributed by atoms with Crippen LogP contribution in [0.25, 0.3) is 6.08 Å². The third-order valence-corrected chi connectivity index (χ3v) is 6.28. The van der Waals surface area contributed by atoms with Gasteiger partial charge in [-0.15, -0.1) is 0 Å². The zero-order valence-corrected chi connectivity index (χ0v) is 17.1. The Morgan fingerprint density at radius 2 is 1.80 bits per heavy atom. The number of carbonyl (C=O) groups excluding carboxylic acids is 1. The van der Waals surface area contributed by atoms with E-state index in [1.807, 2.05) is 35.2 Å². The first kappa shape index (κ1) is 22.1. The number of halogens is 2. The van der Waals surface area contributed by atoms with E-state index < -0.39 is 27.6 Å². The van der Waals surface area contributed by atoms with Gasteiger partial charge in [-0.1, -0.05) is 30.3 Å². The number of carbonyl (C=O) groups is 1. The lowest BCUT2D eigenvalue weighted by atomic mass is 10.2. The van der Waals surface area contributed by atoms with Crippen molar-refractivity contribution in [3.8, 4) is 0 Å². The van der Waals surface area contributed by atoms with E-state index in [2.05, 4.69) is 5.32 Å². The number of amides is 1. The molecule has 1 saturated heterocycles. The van der Waals surface area contributed by atoms with Crippen molar-refractivity contribution in [2.45, 2.75) is 6.42 Å². The third-order valence-electron chi connectivity index (χ3n) is 4.71. The van der Waals surface area contributed by atoms with Gasteiger partial charge in [0, 0.05) is 31.1 Å². The monoisotopic (exact) mass is 435 g/mol. The molecule has 30 heavy (non-hydrogen) atoms. The zero-order valence-electron chi connectivity index (χ0n) is 16.3. The highest BCUT2D eigenvalue weighted by molar-refractivity contribution is 7.92. The lowest BCUT2D eigenvalue weighted by molar-refractivity contribution is -0.117. The maximum atomic E-state index is 13.7. The van der Waals surface area contributed by atoms with Crippen LogP contribution in [-0.2, 0) is 14.8 Å². The van der Waals surface area contributed by atoms with Crippen LogP contribution >= 0.6 is 0 Å². The normalized spacial score (nSPS) is 16.5. The summed E-state index contributed by atoms with van der Waals surface area (Å²) in [6.07, 6.45) is 2.12. The second-order valence-corrected chi connectivity index (χ2v) is 8.78. The fourth-order valence-corrected chi connectivity index (χ4v) is 4.38. The molecule has 1 N–H and O–H groups in total. The molecule has 0 spiro atoms. The number of sulfonamides is 1. The summed E-state index contributed by atoms with van der Waals surface area (Å²) in [5.74, 6) is -2.01. The number of nitrogens with one attached hydrogen (secondary N) is 1. The molecular formula is C21H23F2N3O3S. The van der Waals surface area contributed by atoms with Crippen molar-refractivity contribution in [2.75, 3.05) is 38.0 Å². The van der Waals surface area contributed by atoms with Crippen LogP contribution in [0, 0.1) is 11.6 Å². The maximum Gasteiger partial charge on any atom is 0.238 e. The molecule has 1 amide bonds. The topological polar surface area (TPSA) is 69.7 Å². The van der Waals surface area contributed by atoms with Crippen LogP contribution in [0.15, 0.2) is 53.9 Å². The van der Waals surface area contributed by atoms with Crippen LogP contribution in [0.5, 0.6) is 0 Å². The van der Waals surface area contributed by atoms with E-state index in [0.717, 1.165) is 11.6 Å². The molecular weight excluding hydrogens is 412 g/mol. The Labute approximate surface area is 174 Å². The van der Waals surface area contributed by atoms with Crippen LogP contribution in [0.3, 0.4) is 0 Å². The van der Waals surface area contributed by atoms with Crippen LogP contribution in [0.2, 0.25) is 0 Å². The molecule has 2 aromatic rings. The Hall–Kier alpha value is -2.62. The summed E-state index contributed by atoms with van der Waals surface area (Å²) in [4.78, 5) is 14.0. The Kier molecular flexibility index (Phi) is 7.30.